The minimum Gasteiger partial charge on any atom is -0.379 e. The maximum atomic E-state index is 13.0. The van der Waals surface area contributed by atoms with Crippen LogP contribution in [0.4, 0.5) is 5.95 Å². The minimum absolute atomic E-state index is 0.107. The van der Waals surface area contributed by atoms with Crippen molar-refractivity contribution >= 4 is 11.9 Å². The van der Waals surface area contributed by atoms with Crippen molar-refractivity contribution in [3.05, 3.63) is 42.1 Å². The van der Waals surface area contributed by atoms with Crippen LogP contribution < -0.4 is 5.73 Å². The Morgan fingerprint density at radius 1 is 1.31 bits per heavy atom. The van der Waals surface area contributed by atoms with Crippen LogP contribution in [0.3, 0.4) is 0 Å². The Labute approximate surface area is 153 Å². The molecule has 1 atom stereocenters. The Kier molecular flexibility index (Phi) is 5.80. The number of hydrogen-bond acceptors (Lipinski definition) is 6. The van der Waals surface area contributed by atoms with Crippen LogP contribution in [-0.4, -0.2) is 71.6 Å². The third-order valence-corrected chi connectivity index (χ3v) is 4.64. The number of carbonyl (C=O) groups excluding carboxylic acids is 1. The van der Waals surface area contributed by atoms with Crippen LogP contribution in [0.1, 0.15) is 17.3 Å². The van der Waals surface area contributed by atoms with Crippen LogP contribution in [0, 0.1) is 0 Å². The molecule has 0 bridgehead atoms. The number of aromatic nitrogens is 2. The zero-order valence-electron chi connectivity index (χ0n) is 15.3. The van der Waals surface area contributed by atoms with Gasteiger partial charge in [0.25, 0.3) is 5.91 Å². The standard InChI is InChI=1S/C19H25N5O2/c1-14(24-8-10-26-11-9-24)13-23(2)18(25)16-12-21-19(20)22-17(16)15-6-4-3-5-7-15/h3-7,12,14H,8-11,13H2,1-2H3,(H2,20,21,22). The molecule has 2 heterocycles. The van der Waals surface area contributed by atoms with Crippen molar-refractivity contribution in [1.82, 2.24) is 19.8 Å². The van der Waals surface area contributed by atoms with E-state index in [9.17, 15) is 4.79 Å². The quantitative estimate of drug-likeness (QED) is 0.875. The summed E-state index contributed by atoms with van der Waals surface area (Å²) in [7, 11) is 1.81. The summed E-state index contributed by atoms with van der Waals surface area (Å²) in [5.74, 6) is 0.0497. The van der Waals surface area contributed by atoms with Crippen molar-refractivity contribution < 1.29 is 9.53 Å². The van der Waals surface area contributed by atoms with Crippen LogP contribution in [0.2, 0.25) is 0 Å². The Hall–Kier alpha value is -2.51. The van der Waals surface area contributed by atoms with E-state index in [0.717, 1.165) is 31.9 Å². The highest BCUT2D eigenvalue weighted by molar-refractivity contribution is 5.99. The van der Waals surface area contributed by atoms with Gasteiger partial charge in [-0.25, -0.2) is 9.97 Å². The Balaban J connectivity index is 1.78. The summed E-state index contributed by atoms with van der Waals surface area (Å²) in [5, 5.41) is 0. The van der Waals surface area contributed by atoms with Gasteiger partial charge in [-0.3, -0.25) is 9.69 Å². The fourth-order valence-corrected chi connectivity index (χ4v) is 3.19. The molecule has 1 aliphatic heterocycles. The summed E-state index contributed by atoms with van der Waals surface area (Å²) < 4.78 is 5.40. The van der Waals surface area contributed by atoms with E-state index in [-0.39, 0.29) is 17.9 Å². The molecule has 2 aromatic rings. The summed E-state index contributed by atoms with van der Waals surface area (Å²) in [6, 6.07) is 9.82. The lowest BCUT2D eigenvalue weighted by Crippen LogP contribution is -2.47. The van der Waals surface area contributed by atoms with Crippen molar-refractivity contribution in [3.8, 4) is 11.3 Å². The number of nitrogen functional groups attached to an aromatic ring is 1. The number of likely N-dealkylation sites (N-methyl/N-ethyl adjacent to an activating group) is 1. The van der Waals surface area contributed by atoms with Crippen molar-refractivity contribution in [1.29, 1.82) is 0 Å². The van der Waals surface area contributed by atoms with Gasteiger partial charge < -0.3 is 15.4 Å². The molecule has 0 spiro atoms. The van der Waals surface area contributed by atoms with Crippen LogP contribution >= 0.6 is 0 Å². The molecule has 1 unspecified atom stereocenters. The van der Waals surface area contributed by atoms with E-state index in [2.05, 4.69) is 21.8 Å². The highest BCUT2D eigenvalue weighted by Gasteiger charge is 2.23. The van der Waals surface area contributed by atoms with Crippen molar-refractivity contribution in [2.24, 2.45) is 0 Å². The first kappa shape index (κ1) is 18.3. The fraction of sp³-hybridized carbons (Fsp3) is 0.421. The van der Waals surface area contributed by atoms with Crippen molar-refractivity contribution in [2.75, 3.05) is 45.6 Å². The number of hydrogen-bond donors (Lipinski definition) is 1. The van der Waals surface area contributed by atoms with Crippen LogP contribution in [-0.2, 0) is 4.74 Å². The average molecular weight is 355 g/mol. The minimum atomic E-state index is -0.107. The molecule has 26 heavy (non-hydrogen) atoms. The van der Waals surface area contributed by atoms with Crippen molar-refractivity contribution in [3.63, 3.8) is 0 Å². The molecule has 1 aromatic carbocycles. The molecule has 1 saturated heterocycles. The van der Waals surface area contributed by atoms with Crippen LogP contribution in [0.25, 0.3) is 11.3 Å². The molecule has 7 heteroatoms. The normalized spacial score (nSPS) is 16.2. The van der Waals surface area contributed by atoms with Gasteiger partial charge in [0.15, 0.2) is 0 Å². The molecule has 1 aliphatic rings. The first-order valence-corrected chi connectivity index (χ1v) is 8.81. The van der Waals surface area contributed by atoms with Crippen LogP contribution in [0.5, 0.6) is 0 Å². The first-order chi connectivity index (χ1) is 12.6. The number of carbonyl (C=O) groups is 1. The molecule has 138 valence electrons. The van der Waals surface area contributed by atoms with Gasteiger partial charge in [-0.05, 0) is 6.92 Å². The largest absolute Gasteiger partial charge is 0.379 e. The molecule has 7 nitrogen and oxygen atoms in total. The molecule has 2 N–H and O–H groups in total. The number of nitrogens with two attached hydrogens (primary N) is 1. The predicted octanol–water partition coefficient (Wildman–Crippen LogP) is 1.52. The lowest BCUT2D eigenvalue weighted by atomic mass is 10.1. The second-order valence-electron chi connectivity index (χ2n) is 6.54. The highest BCUT2D eigenvalue weighted by Crippen LogP contribution is 2.23. The second kappa shape index (κ2) is 8.25. The molecule has 3 rings (SSSR count). The van der Waals surface area contributed by atoms with Gasteiger partial charge >= 0.3 is 0 Å². The molecule has 1 aromatic heterocycles. The Morgan fingerprint density at radius 2 is 2.00 bits per heavy atom. The predicted molar refractivity (Wildman–Crippen MR) is 101 cm³/mol. The number of anilines is 1. The molecule has 1 fully saturated rings. The van der Waals surface area contributed by atoms with Gasteiger partial charge in [-0.2, -0.15) is 0 Å². The molecular weight excluding hydrogens is 330 g/mol. The molecular formula is C19H25N5O2. The lowest BCUT2D eigenvalue weighted by molar-refractivity contribution is 0.0142. The van der Waals surface area contributed by atoms with Gasteiger partial charge in [0, 0.05) is 44.5 Å². The first-order valence-electron chi connectivity index (χ1n) is 8.81. The van der Waals surface area contributed by atoms with E-state index in [1.807, 2.05) is 37.4 Å². The second-order valence-corrected chi connectivity index (χ2v) is 6.54. The van der Waals surface area contributed by atoms with Gasteiger partial charge in [0.05, 0.1) is 24.5 Å². The summed E-state index contributed by atoms with van der Waals surface area (Å²) in [4.78, 5) is 25.4. The number of benzene rings is 1. The van der Waals surface area contributed by atoms with E-state index in [1.165, 1.54) is 6.20 Å². The summed E-state index contributed by atoms with van der Waals surface area (Å²) >= 11 is 0. The van der Waals surface area contributed by atoms with Gasteiger partial charge in [0.1, 0.15) is 0 Å². The van der Waals surface area contributed by atoms with E-state index in [4.69, 9.17) is 10.5 Å². The van der Waals surface area contributed by atoms with E-state index in [0.29, 0.717) is 17.8 Å². The van der Waals surface area contributed by atoms with Gasteiger partial charge in [-0.15, -0.1) is 0 Å². The zero-order chi connectivity index (χ0) is 18.5. The molecule has 0 saturated carbocycles. The van der Waals surface area contributed by atoms with Gasteiger partial charge in [0.2, 0.25) is 5.95 Å². The number of amides is 1. The Bertz CT molecular complexity index is 747. The smallest absolute Gasteiger partial charge is 0.257 e. The van der Waals surface area contributed by atoms with E-state index < -0.39 is 0 Å². The van der Waals surface area contributed by atoms with E-state index >= 15 is 0 Å². The molecule has 1 amide bonds. The number of morpholine rings is 1. The van der Waals surface area contributed by atoms with Crippen molar-refractivity contribution in [2.45, 2.75) is 13.0 Å². The lowest BCUT2D eigenvalue weighted by Gasteiger charge is -2.34. The monoisotopic (exact) mass is 355 g/mol. The third kappa shape index (κ3) is 4.17. The summed E-state index contributed by atoms with van der Waals surface area (Å²) in [6.07, 6.45) is 1.52. The maximum Gasteiger partial charge on any atom is 0.257 e. The maximum absolute atomic E-state index is 13.0. The fourth-order valence-electron chi connectivity index (χ4n) is 3.19. The van der Waals surface area contributed by atoms with Crippen LogP contribution in [0.15, 0.2) is 36.5 Å². The topological polar surface area (TPSA) is 84.6 Å². The summed E-state index contributed by atoms with van der Waals surface area (Å²) in [6.45, 7) is 6.02. The average Bonchev–Trinajstić information content (AvgIpc) is 2.68. The zero-order valence-corrected chi connectivity index (χ0v) is 15.3. The summed E-state index contributed by atoms with van der Waals surface area (Å²) in [5.41, 5.74) is 7.62. The molecule has 0 radical (unpaired) electrons. The third-order valence-electron chi connectivity index (χ3n) is 4.64. The number of rotatable bonds is 5. The number of ether oxygens (including phenoxy) is 1. The number of nitrogens with zero attached hydrogens (tertiary/aromatic N) is 4. The van der Waals surface area contributed by atoms with E-state index in [1.54, 1.807) is 4.90 Å². The highest BCUT2D eigenvalue weighted by atomic mass is 16.5. The SMILES string of the molecule is CC(CN(C)C(=O)c1cnc(N)nc1-c1ccccc1)N1CCOCC1. The molecule has 0 aliphatic carbocycles. The Morgan fingerprint density at radius 3 is 2.69 bits per heavy atom. The van der Waals surface area contributed by atoms with Gasteiger partial charge in [-0.1, -0.05) is 30.3 Å².